The molecule has 0 spiro atoms. The van der Waals surface area contributed by atoms with Crippen LogP contribution in [0.25, 0.3) is 28.5 Å². The van der Waals surface area contributed by atoms with E-state index in [2.05, 4.69) is 23.9 Å². The number of rotatable bonds is 5. The van der Waals surface area contributed by atoms with Crippen LogP contribution in [-0.2, 0) is 0 Å². The van der Waals surface area contributed by atoms with Crippen molar-refractivity contribution in [3.63, 3.8) is 0 Å². The van der Waals surface area contributed by atoms with Crippen LogP contribution in [0.4, 0.5) is 0 Å². The molecule has 4 aromatic rings. The van der Waals surface area contributed by atoms with Crippen molar-refractivity contribution in [2.45, 2.75) is 13.8 Å². The average molecular weight is 447 g/mol. The van der Waals surface area contributed by atoms with Gasteiger partial charge >= 0.3 is 5.97 Å². The lowest BCUT2D eigenvalue weighted by molar-refractivity contribution is 0.0697. The molecule has 0 aliphatic rings. The van der Waals surface area contributed by atoms with Crippen LogP contribution in [0.3, 0.4) is 0 Å². The first-order chi connectivity index (χ1) is 15.8. The van der Waals surface area contributed by atoms with Gasteiger partial charge in [0.2, 0.25) is 0 Å². The number of carboxylic acid groups (broad SMARTS) is 1. The van der Waals surface area contributed by atoms with Crippen molar-refractivity contribution in [2.24, 2.45) is 11.7 Å². The van der Waals surface area contributed by atoms with Gasteiger partial charge in [-0.05, 0) is 61.0 Å². The van der Waals surface area contributed by atoms with Crippen LogP contribution < -0.4 is 5.73 Å². The van der Waals surface area contributed by atoms with E-state index in [9.17, 15) is 15.0 Å². The fraction of sp³-hybridized carbons (Fsp3) is 0.160. The SMILES string of the molecule is CC(C)CN.O=C(O)c1ccc(-n2nc(-c3ccccc3O)nc2-c2ccccc2O)cc1. The van der Waals surface area contributed by atoms with Gasteiger partial charge in [0.05, 0.1) is 22.4 Å². The molecule has 0 aliphatic heterocycles. The molecule has 0 atom stereocenters. The Morgan fingerprint density at radius 3 is 1.91 bits per heavy atom. The number of aromatic nitrogens is 3. The van der Waals surface area contributed by atoms with E-state index in [4.69, 9.17) is 10.8 Å². The van der Waals surface area contributed by atoms with E-state index in [1.54, 1.807) is 54.6 Å². The molecule has 0 amide bonds. The topological polar surface area (TPSA) is 134 Å². The molecule has 1 aromatic heterocycles. The van der Waals surface area contributed by atoms with Crippen molar-refractivity contribution < 1.29 is 20.1 Å². The van der Waals surface area contributed by atoms with Gasteiger partial charge in [0.25, 0.3) is 0 Å². The first-order valence-corrected chi connectivity index (χ1v) is 10.4. The number of hydrogen-bond acceptors (Lipinski definition) is 6. The van der Waals surface area contributed by atoms with Gasteiger partial charge in [-0.25, -0.2) is 14.5 Å². The molecule has 0 radical (unpaired) electrons. The predicted octanol–water partition coefficient (Wildman–Crippen LogP) is 4.31. The Balaban J connectivity index is 0.000000555. The van der Waals surface area contributed by atoms with Gasteiger partial charge in [-0.15, -0.1) is 5.10 Å². The van der Waals surface area contributed by atoms with E-state index < -0.39 is 5.97 Å². The lowest BCUT2D eigenvalue weighted by atomic mass is 10.1. The summed E-state index contributed by atoms with van der Waals surface area (Å²) in [5.74, 6) is 0.334. The van der Waals surface area contributed by atoms with E-state index in [1.165, 1.54) is 22.9 Å². The summed E-state index contributed by atoms with van der Waals surface area (Å²) in [6.45, 7) is 5.00. The second-order valence-electron chi connectivity index (χ2n) is 7.69. The summed E-state index contributed by atoms with van der Waals surface area (Å²) in [4.78, 5) is 15.6. The molecule has 0 saturated heterocycles. The number of nitrogens with zero attached hydrogens (tertiary/aromatic N) is 3. The molecule has 33 heavy (non-hydrogen) atoms. The Hall–Kier alpha value is -4.17. The number of nitrogens with two attached hydrogens (primary N) is 1. The smallest absolute Gasteiger partial charge is 0.335 e. The summed E-state index contributed by atoms with van der Waals surface area (Å²) in [6, 6.07) is 19.5. The second kappa shape index (κ2) is 10.4. The van der Waals surface area contributed by atoms with E-state index in [0.717, 1.165) is 6.54 Å². The monoisotopic (exact) mass is 446 g/mol. The molecule has 8 nitrogen and oxygen atoms in total. The summed E-state index contributed by atoms with van der Waals surface area (Å²) in [5, 5.41) is 34.0. The quantitative estimate of drug-likeness (QED) is 0.359. The van der Waals surface area contributed by atoms with Gasteiger partial charge < -0.3 is 21.1 Å². The molecular formula is C25H26N4O4. The number of phenols is 2. The van der Waals surface area contributed by atoms with Crippen molar-refractivity contribution >= 4 is 5.97 Å². The van der Waals surface area contributed by atoms with Crippen molar-refractivity contribution in [1.29, 1.82) is 0 Å². The number of aromatic hydroxyl groups is 2. The van der Waals surface area contributed by atoms with Crippen LogP contribution >= 0.6 is 0 Å². The highest BCUT2D eigenvalue weighted by atomic mass is 16.4. The first kappa shape index (κ1) is 23.5. The van der Waals surface area contributed by atoms with Gasteiger partial charge in [0, 0.05) is 0 Å². The summed E-state index contributed by atoms with van der Waals surface area (Å²) < 4.78 is 1.50. The minimum absolute atomic E-state index is 0.0298. The van der Waals surface area contributed by atoms with E-state index >= 15 is 0 Å². The van der Waals surface area contributed by atoms with Gasteiger partial charge in [-0.2, -0.15) is 0 Å². The second-order valence-corrected chi connectivity index (χ2v) is 7.69. The van der Waals surface area contributed by atoms with Crippen LogP contribution in [-0.4, -0.2) is 42.6 Å². The first-order valence-electron chi connectivity index (χ1n) is 10.4. The molecule has 170 valence electrons. The highest BCUT2D eigenvalue weighted by Gasteiger charge is 2.19. The van der Waals surface area contributed by atoms with Crippen LogP contribution in [0.15, 0.2) is 72.8 Å². The van der Waals surface area contributed by atoms with Gasteiger partial charge in [0.1, 0.15) is 11.5 Å². The molecule has 0 aliphatic carbocycles. The molecule has 0 saturated carbocycles. The van der Waals surface area contributed by atoms with Crippen LogP contribution in [0, 0.1) is 5.92 Å². The lowest BCUT2D eigenvalue weighted by Gasteiger charge is -2.07. The van der Waals surface area contributed by atoms with E-state index in [0.29, 0.717) is 28.6 Å². The van der Waals surface area contributed by atoms with E-state index in [1.807, 2.05) is 0 Å². The van der Waals surface area contributed by atoms with Crippen LogP contribution in [0.5, 0.6) is 11.5 Å². The Bertz CT molecular complexity index is 1230. The molecule has 1 heterocycles. The van der Waals surface area contributed by atoms with Crippen molar-refractivity contribution in [3.8, 4) is 40.0 Å². The molecule has 4 rings (SSSR count). The zero-order valence-electron chi connectivity index (χ0n) is 18.4. The zero-order valence-corrected chi connectivity index (χ0v) is 18.4. The summed E-state index contributed by atoms with van der Waals surface area (Å²) in [6.07, 6.45) is 0. The molecule has 0 unspecified atom stereocenters. The van der Waals surface area contributed by atoms with E-state index in [-0.39, 0.29) is 22.9 Å². The minimum atomic E-state index is -1.03. The van der Waals surface area contributed by atoms with Crippen LogP contribution in [0.1, 0.15) is 24.2 Å². The Kier molecular flexibility index (Phi) is 7.42. The highest BCUT2D eigenvalue weighted by molar-refractivity contribution is 5.87. The maximum absolute atomic E-state index is 11.1. The number of aromatic carboxylic acids is 1. The molecule has 8 heteroatoms. The third-order valence-corrected chi connectivity index (χ3v) is 4.73. The highest BCUT2D eigenvalue weighted by Crippen LogP contribution is 2.33. The number of para-hydroxylation sites is 2. The van der Waals surface area contributed by atoms with Crippen LogP contribution in [0.2, 0.25) is 0 Å². The fourth-order valence-corrected chi connectivity index (χ4v) is 2.85. The fourth-order valence-electron chi connectivity index (χ4n) is 2.85. The summed E-state index contributed by atoms with van der Waals surface area (Å²) >= 11 is 0. The summed E-state index contributed by atoms with van der Waals surface area (Å²) in [7, 11) is 0. The van der Waals surface area contributed by atoms with Crippen molar-refractivity contribution in [2.75, 3.05) is 6.54 Å². The van der Waals surface area contributed by atoms with Crippen molar-refractivity contribution in [1.82, 2.24) is 14.8 Å². The predicted molar refractivity (Wildman–Crippen MR) is 126 cm³/mol. The average Bonchev–Trinajstić information content (AvgIpc) is 3.25. The van der Waals surface area contributed by atoms with Gasteiger partial charge in [-0.1, -0.05) is 38.1 Å². The van der Waals surface area contributed by atoms with Gasteiger partial charge in [-0.3, -0.25) is 0 Å². The third kappa shape index (κ3) is 5.55. The number of phenolic OH excluding ortho intramolecular Hbond substituents is 2. The number of benzene rings is 3. The normalized spacial score (nSPS) is 10.5. The minimum Gasteiger partial charge on any atom is -0.507 e. The molecule has 3 aromatic carbocycles. The molecule has 0 fully saturated rings. The summed E-state index contributed by atoms with van der Waals surface area (Å²) in [5.41, 5.74) is 6.79. The maximum Gasteiger partial charge on any atom is 0.335 e. The Morgan fingerprint density at radius 1 is 0.909 bits per heavy atom. The largest absolute Gasteiger partial charge is 0.507 e. The van der Waals surface area contributed by atoms with Gasteiger partial charge in [0.15, 0.2) is 11.6 Å². The standard InChI is InChI=1S/C21H15N3O4.C4H11N/c25-17-7-3-1-5-15(17)19-22-20(16-6-2-4-8-18(16)26)24(23-19)14-11-9-13(10-12-14)21(27)28;1-4(2)3-5/h1-12,25-26H,(H,27,28);4H,3,5H2,1-2H3. The Labute approximate surface area is 191 Å². The maximum atomic E-state index is 11.1. The third-order valence-electron chi connectivity index (χ3n) is 4.73. The Morgan fingerprint density at radius 2 is 1.42 bits per heavy atom. The number of carboxylic acids is 1. The lowest BCUT2D eigenvalue weighted by Crippen LogP contribution is -2.05. The molecule has 5 N–H and O–H groups in total. The zero-order chi connectivity index (χ0) is 24.0. The number of hydrogen-bond donors (Lipinski definition) is 4. The number of carbonyl (C=O) groups is 1. The molecule has 0 bridgehead atoms. The van der Waals surface area contributed by atoms with Crippen molar-refractivity contribution in [3.05, 3.63) is 78.4 Å². The molecular weight excluding hydrogens is 420 g/mol.